The zero-order chi connectivity index (χ0) is 14.9. The van der Waals surface area contributed by atoms with Gasteiger partial charge in [0.05, 0.1) is 11.6 Å². The molecular weight excluding hydrogens is 273 g/mol. The molecule has 0 bridgehead atoms. The number of hydrogen-bond donors (Lipinski definition) is 0. The van der Waals surface area contributed by atoms with Crippen molar-refractivity contribution in [2.45, 2.75) is 26.8 Å². The van der Waals surface area contributed by atoms with Crippen molar-refractivity contribution in [3.63, 3.8) is 0 Å². The third kappa shape index (κ3) is 2.90. The largest absolute Gasteiger partial charge is 0.334 e. The smallest absolute Gasteiger partial charge is 0.257 e. The average molecular weight is 291 g/mol. The molecular formula is C16H18FNOS. The van der Waals surface area contributed by atoms with Crippen molar-refractivity contribution < 1.29 is 9.18 Å². The second-order valence-electron chi connectivity index (χ2n) is 5.02. The Morgan fingerprint density at radius 3 is 2.55 bits per heavy atom. The van der Waals surface area contributed by atoms with Crippen LogP contribution < -0.4 is 0 Å². The van der Waals surface area contributed by atoms with E-state index in [1.165, 1.54) is 10.9 Å². The summed E-state index contributed by atoms with van der Waals surface area (Å²) < 4.78 is 13.8. The zero-order valence-corrected chi connectivity index (χ0v) is 12.9. The molecule has 0 radical (unpaired) electrons. The van der Waals surface area contributed by atoms with Crippen LogP contribution >= 0.6 is 11.3 Å². The number of thiophene rings is 1. The Morgan fingerprint density at radius 2 is 1.95 bits per heavy atom. The molecule has 2 nitrogen and oxygen atoms in total. The van der Waals surface area contributed by atoms with Gasteiger partial charge < -0.3 is 4.90 Å². The number of hydrogen-bond acceptors (Lipinski definition) is 2. The fourth-order valence-electron chi connectivity index (χ4n) is 2.04. The molecule has 0 saturated heterocycles. The van der Waals surface area contributed by atoms with Crippen LogP contribution in [0.1, 0.15) is 38.6 Å². The van der Waals surface area contributed by atoms with Crippen LogP contribution in [0.3, 0.4) is 0 Å². The minimum absolute atomic E-state index is 0.0684. The maximum Gasteiger partial charge on any atom is 0.257 e. The first-order valence-electron chi connectivity index (χ1n) is 6.50. The minimum Gasteiger partial charge on any atom is -0.334 e. The van der Waals surface area contributed by atoms with Crippen LogP contribution in [-0.4, -0.2) is 17.9 Å². The van der Waals surface area contributed by atoms with Gasteiger partial charge in [-0.3, -0.25) is 4.79 Å². The van der Waals surface area contributed by atoms with Gasteiger partial charge in [0.15, 0.2) is 0 Å². The van der Waals surface area contributed by atoms with Gasteiger partial charge in [-0.05, 0) is 45.0 Å². The van der Waals surface area contributed by atoms with Gasteiger partial charge in [0.2, 0.25) is 0 Å². The zero-order valence-electron chi connectivity index (χ0n) is 12.1. The summed E-state index contributed by atoms with van der Waals surface area (Å²) in [5.41, 5.74) is 1.01. The van der Waals surface area contributed by atoms with E-state index in [0.717, 1.165) is 10.4 Å². The maximum atomic E-state index is 13.8. The van der Waals surface area contributed by atoms with Crippen LogP contribution in [0.25, 0.3) is 0 Å². The van der Waals surface area contributed by atoms with Crippen LogP contribution in [0.5, 0.6) is 0 Å². The number of nitrogens with zero attached hydrogens (tertiary/aromatic N) is 1. The van der Waals surface area contributed by atoms with Gasteiger partial charge in [-0.15, -0.1) is 11.3 Å². The number of aryl methyl sites for hydroxylation is 2. The summed E-state index contributed by atoms with van der Waals surface area (Å²) in [6.07, 6.45) is 0. The molecule has 0 saturated carbocycles. The Hall–Kier alpha value is -1.68. The van der Waals surface area contributed by atoms with Crippen molar-refractivity contribution in [3.8, 4) is 0 Å². The van der Waals surface area contributed by atoms with E-state index in [2.05, 4.69) is 0 Å². The van der Waals surface area contributed by atoms with Gasteiger partial charge in [-0.2, -0.15) is 0 Å². The highest BCUT2D eigenvalue weighted by Crippen LogP contribution is 2.27. The van der Waals surface area contributed by atoms with Gasteiger partial charge in [0.1, 0.15) is 5.82 Å². The van der Waals surface area contributed by atoms with Crippen LogP contribution in [0.15, 0.2) is 30.3 Å². The summed E-state index contributed by atoms with van der Waals surface area (Å²) in [6, 6.07) is 8.58. The van der Waals surface area contributed by atoms with E-state index in [1.807, 2.05) is 32.9 Å². The van der Waals surface area contributed by atoms with Crippen molar-refractivity contribution in [2.75, 3.05) is 7.05 Å². The molecule has 0 aliphatic carbocycles. The lowest BCUT2D eigenvalue weighted by Gasteiger charge is -2.24. The van der Waals surface area contributed by atoms with Gasteiger partial charge >= 0.3 is 0 Å². The molecule has 0 N–H and O–H groups in total. The second-order valence-corrected chi connectivity index (χ2v) is 6.34. The van der Waals surface area contributed by atoms with E-state index < -0.39 is 5.82 Å². The van der Waals surface area contributed by atoms with Gasteiger partial charge in [0.25, 0.3) is 5.91 Å². The molecule has 1 unspecified atom stereocenters. The predicted molar refractivity (Wildman–Crippen MR) is 80.7 cm³/mol. The molecule has 1 aromatic heterocycles. The molecule has 0 aliphatic rings. The lowest BCUT2D eigenvalue weighted by molar-refractivity contribution is 0.0740. The monoisotopic (exact) mass is 291 g/mol. The molecule has 20 heavy (non-hydrogen) atoms. The van der Waals surface area contributed by atoms with Crippen molar-refractivity contribution in [2.24, 2.45) is 0 Å². The average Bonchev–Trinajstić information content (AvgIpc) is 2.85. The lowest BCUT2D eigenvalue weighted by Crippen LogP contribution is -2.30. The lowest BCUT2D eigenvalue weighted by atomic mass is 10.1. The summed E-state index contributed by atoms with van der Waals surface area (Å²) >= 11 is 1.66. The Bertz CT molecular complexity index is 635. The van der Waals surface area contributed by atoms with E-state index in [4.69, 9.17) is 0 Å². The van der Waals surface area contributed by atoms with Crippen LogP contribution in [0.4, 0.5) is 4.39 Å². The molecule has 2 aromatic rings. The topological polar surface area (TPSA) is 20.3 Å². The SMILES string of the molecule is Cc1ccc(F)c(C(=O)N(C)C(C)c2ccc(C)s2)c1. The Morgan fingerprint density at radius 1 is 1.25 bits per heavy atom. The molecule has 1 amide bonds. The first kappa shape index (κ1) is 14.7. The van der Waals surface area contributed by atoms with Crippen LogP contribution in [0.2, 0.25) is 0 Å². The fourth-order valence-corrected chi connectivity index (χ4v) is 3.01. The highest BCUT2D eigenvalue weighted by atomic mass is 32.1. The summed E-state index contributed by atoms with van der Waals surface area (Å²) in [6.45, 7) is 5.84. The molecule has 2 rings (SSSR count). The van der Waals surface area contributed by atoms with Crippen LogP contribution in [-0.2, 0) is 0 Å². The van der Waals surface area contributed by atoms with Crippen molar-refractivity contribution in [1.82, 2.24) is 4.90 Å². The summed E-state index contributed by atoms with van der Waals surface area (Å²) in [4.78, 5) is 16.3. The first-order chi connectivity index (χ1) is 9.40. The van der Waals surface area contributed by atoms with Gasteiger partial charge in [0, 0.05) is 16.8 Å². The number of benzene rings is 1. The summed E-state index contributed by atoms with van der Waals surface area (Å²) in [5, 5.41) is 0. The molecule has 1 atom stereocenters. The standard InChI is InChI=1S/C16H18FNOS/c1-10-5-7-14(17)13(9-10)16(19)18(4)12(3)15-8-6-11(2)20-15/h5-9,12H,1-4H3. The Labute approximate surface area is 122 Å². The fraction of sp³-hybridized carbons (Fsp3) is 0.312. The van der Waals surface area contributed by atoms with Crippen molar-refractivity contribution in [3.05, 3.63) is 57.0 Å². The number of amides is 1. The van der Waals surface area contributed by atoms with E-state index in [0.29, 0.717) is 0 Å². The van der Waals surface area contributed by atoms with E-state index in [1.54, 1.807) is 35.4 Å². The van der Waals surface area contributed by atoms with Crippen molar-refractivity contribution >= 4 is 17.2 Å². The normalized spacial score (nSPS) is 12.2. The number of halogens is 1. The van der Waals surface area contributed by atoms with E-state index in [-0.39, 0.29) is 17.5 Å². The Kier molecular flexibility index (Phi) is 4.23. The third-order valence-electron chi connectivity index (χ3n) is 3.43. The summed E-state index contributed by atoms with van der Waals surface area (Å²) in [5.74, 6) is -0.758. The van der Waals surface area contributed by atoms with Gasteiger partial charge in [-0.25, -0.2) is 4.39 Å². The molecule has 4 heteroatoms. The predicted octanol–water partition coefficient (Wildman–Crippen LogP) is 4.34. The molecule has 1 aromatic carbocycles. The molecule has 1 heterocycles. The second kappa shape index (κ2) is 5.75. The molecule has 0 spiro atoms. The molecule has 106 valence electrons. The van der Waals surface area contributed by atoms with Crippen LogP contribution in [0, 0.1) is 19.7 Å². The minimum atomic E-state index is -0.470. The van der Waals surface area contributed by atoms with Gasteiger partial charge in [-0.1, -0.05) is 11.6 Å². The maximum absolute atomic E-state index is 13.8. The quantitative estimate of drug-likeness (QED) is 0.824. The van der Waals surface area contributed by atoms with E-state index >= 15 is 0 Å². The number of carbonyl (C=O) groups excluding carboxylic acids is 1. The first-order valence-corrected chi connectivity index (χ1v) is 7.31. The highest BCUT2D eigenvalue weighted by Gasteiger charge is 2.22. The number of rotatable bonds is 3. The number of carbonyl (C=O) groups is 1. The highest BCUT2D eigenvalue weighted by molar-refractivity contribution is 7.12. The third-order valence-corrected chi connectivity index (χ3v) is 4.60. The van der Waals surface area contributed by atoms with Crippen molar-refractivity contribution in [1.29, 1.82) is 0 Å². The summed E-state index contributed by atoms with van der Waals surface area (Å²) in [7, 11) is 1.71. The Balaban J connectivity index is 2.26. The van der Waals surface area contributed by atoms with E-state index in [9.17, 15) is 9.18 Å². The molecule has 0 aliphatic heterocycles. The molecule has 0 fully saturated rings.